The molecule has 0 aliphatic heterocycles. The second-order valence-corrected chi connectivity index (χ2v) is 7.06. The molecule has 0 atom stereocenters. The van der Waals surface area contributed by atoms with Crippen LogP contribution in [0.2, 0.25) is 0 Å². The third-order valence-corrected chi connectivity index (χ3v) is 4.93. The summed E-state index contributed by atoms with van der Waals surface area (Å²) in [5.41, 5.74) is 1.71. The maximum absolute atomic E-state index is 13.0. The smallest absolute Gasteiger partial charge is 0.293 e. The van der Waals surface area contributed by atoms with Crippen LogP contribution in [0.4, 0.5) is 5.69 Å². The molecule has 0 bridgehead atoms. The summed E-state index contributed by atoms with van der Waals surface area (Å²) >= 11 is 0. The van der Waals surface area contributed by atoms with Crippen molar-refractivity contribution in [2.75, 3.05) is 11.9 Å². The number of para-hydroxylation sites is 3. The lowest BCUT2D eigenvalue weighted by atomic mass is 10.1. The summed E-state index contributed by atoms with van der Waals surface area (Å²) in [6.45, 7) is 0.270. The van der Waals surface area contributed by atoms with Gasteiger partial charge in [-0.3, -0.25) is 9.59 Å². The number of anilines is 1. The Hall–Kier alpha value is -4.32. The standard InChI is InChI=1S/C26H22N2O4/c1-28(26(30)24-16-9-17-31-24)22-14-7-6-13-21(22)25(29)27-18-19-10-5-8-15-23(19)32-20-11-3-2-4-12-20/h2-17H,18H2,1H3,(H,27,29). The van der Waals surface area contributed by atoms with Gasteiger partial charge in [0.05, 0.1) is 17.5 Å². The van der Waals surface area contributed by atoms with Gasteiger partial charge >= 0.3 is 0 Å². The SMILES string of the molecule is CN(C(=O)c1ccco1)c1ccccc1C(=O)NCc1ccccc1Oc1ccccc1. The summed E-state index contributed by atoms with van der Waals surface area (Å²) in [5, 5.41) is 2.93. The summed E-state index contributed by atoms with van der Waals surface area (Å²) < 4.78 is 11.2. The van der Waals surface area contributed by atoms with Crippen LogP contribution in [0.3, 0.4) is 0 Å². The Bertz CT molecular complexity index is 1200. The van der Waals surface area contributed by atoms with Crippen molar-refractivity contribution in [2.45, 2.75) is 6.54 Å². The number of ether oxygens (including phenoxy) is 1. The van der Waals surface area contributed by atoms with Gasteiger partial charge in [0.15, 0.2) is 5.76 Å². The number of carbonyl (C=O) groups is 2. The first-order valence-electron chi connectivity index (χ1n) is 10.1. The van der Waals surface area contributed by atoms with Gasteiger partial charge in [-0.1, -0.05) is 48.5 Å². The fourth-order valence-electron chi connectivity index (χ4n) is 3.27. The van der Waals surface area contributed by atoms with Gasteiger partial charge in [-0.25, -0.2) is 0 Å². The van der Waals surface area contributed by atoms with E-state index in [1.165, 1.54) is 11.2 Å². The lowest BCUT2D eigenvalue weighted by Crippen LogP contribution is -2.30. The Kier molecular flexibility index (Phi) is 6.32. The van der Waals surface area contributed by atoms with E-state index in [9.17, 15) is 9.59 Å². The molecule has 1 N–H and O–H groups in total. The summed E-state index contributed by atoms with van der Waals surface area (Å²) in [6, 6.07) is 27.2. The maximum atomic E-state index is 13.0. The van der Waals surface area contributed by atoms with Crippen LogP contribution < -0.4 is 15.0 Å². The van der Waals surface area contributed by atoms with Gasteiger partial charge in [0, 0.05) is 19.2 Å². The minimum Gasteiger partial charge on any atom is -0.459 e. The number of hydrogen-bond acceptors (Lipinski definition) is 4. The molecule has 6 nitrogen and oxygen atoms in total. The van der Waals surface area contributed by atoms with Gasteiger partial charge in [0.2, 0.25) is 0 Å². The molecule has 4 rings (SSSR count). The molecule has 0 unspecified atom stereocenters. The predicted octanol–water partition coefficient (Wildman–Crippen LogP) is 5.28. The molecule has 1 aromatic heterocycles. The van der Waals surface area contributed by atoms with E-state index in [-0.39, 0.29) is 24.1 Å². The molecule has 3 aromatic carbocycles. The first-order chi connectivity index (χ1) is 15.6. The number of nitrogens with zero attached hydrogens (tertiary/aromatic N) is 1. The molecule has 0 aliphatic rings. The first-order valence-corrected chi connectivity index (χ1v) is 10.1. The molecule has 0 saturated carbocycles. The van der Waals surface area contributed by atoms with Gasteiger partial charge in [-0.05, 0) is 42.5 Å². The average molecular weight is 426 g/mol. The quantitative estimate of drug-likeness (QED) is 0.437. The lowest BCUT2D eigenvalue weighted by Gasteiger charge is -2.19. The van der Waals surface area contributed by atoms with Crippen LogP contribution in [0.5, 0.6) is 11.5 Å². The molecule has 4 aromatic rings. The molecule has 0 saturated heterocycles. The van der Waals surface area contributed by atoms with Crippen molar-refractivity contribution in [3.05, 3.63) is 114 Å². The van der Waals surface area contributed by atoms with Crippen LogP contribution in [-0.2, 0) is 6.54 Å². The van der Waals surface area contributed by atoms with E-state index in [0.717, 1.165) is 11.3 Å². The minimum absolute atomic E-state index is 0.203. The Balaban J connectivity index is 1.50. The third kappa shape index (κ3) is 4.70. The van der Waals surface area contributed by atoms with E-state index in [1.807, 2.05) is 54.6 Å². The number of furan rings is 1. The third-order valence-electron chi connectivity index (χ3n) is 4.93. The van der Waals surface area contributed by atoms with E-state index in [1.54, 1.807) is 43.4 Å². The Morgan fingerprint density at radius 2 is 1.59 bits per heavy atom. The topological polar surface area (TPSA) is 71.8 Å². The molecule has 2 amide bonds. The van der Waals surface area contributed by atoms with Gasteiger partial charge < -0.3 is 19.4 Å². The molecule has 160 valence electrons. The van der Waals surface area contributed by atoms with E-state index < -0.39 is 0 Å². The molecule has 0 aliphatic carbocycles. The first kappa shape index (κ1) is 20.9. The number of rotatable bonds is 7. The van der Waals surface area contributed by atoms with Gasteiger partial charge in [0.25, 0.3) is 11.8 Å². The number of nitrogens with one attached hydrogen (secondary N) is 1. The average Bonchev–Trinajstić information content (AvgIpc) is 3.38. The zero-order chi connectivity index (χ0) is 22.3. The summed E-state index contributed by atoms with van der Waals surface area (Å²) in [5.74, 6) is 0.952. The fraction of sp³-hybridized carbons (Fsp3) is 0.0769. The van der Waals surface area contributed by atoms with Crippen LogP contribution in [0.25, 0.3) is 0 Å². The number of amides is 2. The highest BCUT2D eigenvalue weighted by Gasteiger charge is 2.21. The molecule has 0 spiro atoms. The van der Waals surface area contributed by atoms with Crippen molar-refractivity contribution < 1.29 is 18.7 Å². The highest BCUT2D eigenvalue weighted by Crippen LogP contribution is 2.26. The van der Waals surface area contributed by atoms with Gasteiger partial charge in [0.1, 0.15) is 11.5 Å². The van der Waals surface area contributed by atoms with Crippen molar-refractivity contribution in [1.29, 1.82) is 0 Å². The number of benzene rings is 3. The minimum atomic E-state index is -0.336. The van der Waals surface area contributed by atoms with Crippen molar-refractivity contribution in [3.63, 3.8) is 0 Å². The monoisotopic (exact) mass is 426 g/mol. The second-order valence-electron chi connectivity index (χ2n) is 7.06. The predicted molar refractivity (Wildman–Crippen MR) is 122 cm³/mol. The van der Waals surface area contributed by atoms with Crippen molar-refractivity contribution in [2.24, 2.45) is 0 Å². The van der Waals surface area contributed by atoms with E-state index >= 15 is 0 Å². The van der Waals surface area contributed by atoms with Crippen LogP contribution >= 0.6 is 0 Å². The largest absolute Gasteiger partial charge is 0.459 e. The molecule has 0 radical (unpaired) electrons. The van der Waals surface area contributed by atoms with E-state index in [4.69, 9.17) is 9.15 Å². The summed E-state index contributed by atoms with van der Waals surface area (Å²) in [6.07, 6.45) is 1.44. The van der Waals surface area contributed by atoms with Crippen LogP contribution in [-0.4, -0.2) is 18.9 Å². The Labute approximate surface area is 186 Å². The van der Waals surface area contributed by atoms with E-state index in [2.05, 4.69) is 5.32 Å². The summed E-state index contributed by atoms with van der Waals surface area (Å²) in [7, 11) is 1.61. The van der Waals surface area contributed by atoms with Gasteiger partial charge in [-0.2, -0.15) is 0 Å². The lowest BCUT2D eigenvalue weighted by molar-refractivity contribution is 0.0951. The summed E-state index contributed by atoms with van der Waals surface area (Å²) in [4.78, 5) is 27.1. The fourth-order valence-corrected chi connectivity index (χ4v) is 3.27. The molecule has 32 heavy (non-hydrogen) atoms. The Morgan fingerprint density at radius 3 is 2.38 bits per heavy atom. The second kappa shape index (κ2) is 9.66. The highest BCUT2D eigenvalue weighted by atomic mass is 16.5. The van der Waals surface area contributed by atoms with E-state index in [0.29, 0.717) is 17.0 Å². The van der Waals surface area contributed by atoms with Crippen LogP contribution in [0.1, 0.15) is 26.5 Å². The molecule has 6 heteroatoms. The molecular weight excluding hydrogens is 404 g/mol. The number of hydrogen-bond donors (Lipinski definition) is 1. The molecule has 0 fully saturated rings. The molecular formula is C26H22N2O4. The van der Waals surface area contributed by atoms with Gasteiger partial charge in [-0.15, -0.1) is 0 Å². The zero-order valence-corrected chi connectivity index (χ0v) is 17.5. The van der Waals surface area contributed by atoms with Crippen LogP contribution in [0, 0.1) is 0 Å². The van der Waals surface area contributed by atoms with Crippen LogP contribution in [0.15, 0.2) is 102 Å². The maximum Gasteiger partial charge on any atom is 0.293 e. The highest BCUT2D eigenvalue weighted by molar-refractivity contribution is 6.09. The van der Waals surface area contributed by atoms with Crippen molar-refractivity contribution in [3.8, 4) is 11.5 Å². The number of carbonyl (C=O) groups excluding carboxylic acids is 2. The Morgan fingerprint density at radius 1 is 0.875 bits per heavy atom. The zero-order valence-electron chi connectivity index (χ0n) is 17.5. The van der Waals surface area contributed by atoms with Crippen molar-refractivity contribution >= 4 is 17.5 Å². The van der Waals surface area contributed by atoms with Crippen molar-refractivity contribution in [1.82, 2.24) is 5.32 Å². The normalized spacial score (nSPS) is 10.4. The molecule has 1 heterocycles.